The van der Waals surface area contributed by atoms with Crippen molar-refractivity contribution in [3.63, 3.8) is 0 Å². The number of carbonyl (C=O) groups is 1. The minimum absolute atomic E-state index is 0.0843. The number of halogens is 2. The van der Waals surface area contributed by atoms with Crippen LogP contribution in [0.15, 0.2) is 51.4 Å². The van der Waals surface area contributed by atoms with Crippen LogP contribution in [-0.2, 0) is 0 Å². The molecule has 2 rings (SSSR count). The molecule has 1 amide bonds. The zero-order valence-corrected chi connectivity index (χ0v) is 14.9. The van der Waals surface area contributed by atoms with Crippen LogP contribution in [0.1, 0.15) is 28.9 Å². The molecule has 0 aromatic heterocycles. The molecule has 0 bridgehead atoms. The van der Waals surface area contributed by atoms with Gasteiger partial charge < -0.3 is 10.1 Å². The van der Waals surface area contributed by atoms with E-state index in [0.717, 1.165) is 20.3 Å². The molecule has 1 unspecified atom stereocenters. The van der Waals surface area contributed by atoms with E-state index in [4.69, 9.17) is 4.74 Å². The van der Waals surface area contributed by atoms with E-state index in [1.54, 1.807) is 13.2 Å². The number of hydrogen-bond donors (Lipinski definition) is 1. The molecule has 0 heterocycles. The third-order valence-electron chi connectivity index (χ3n) is 3.14. The Morgan fingerprint density at radius 2 is 1.81 bits per heavy atom. The summed E-state index contributed by atoms with van der Waals surface area (Å²) in [5, 5.41) is 2.99. The Hall–Kier alpha value is -1.33. The van der Waals surface area contributed by atoms with E-state index < -0.39 is 0 Å². The highest BCUT2D eigenvalue weighted by Gasteiger charge is 2.14. The number of rotatable bonds is 4. The van der Waals surface area contributed by atoms with Gasteiger partial charge in [-0.25, -0.2) is 0 Å². The summed E-state index contributed by atoms with van der Waals surface area (Å²) in [6.45, 7) is 1.95. The first-order chi connectivity index (χ1) is 10.0. The van der Waals surface area contributed by atoms with Crippen LogP contribution in [0.3, 0.4) is 0 Å². The van der Waals surface area contributed by atoms with Crippen LogP contribution >= 0.6 is 31.9 Å². The molecule has 2 aromatic carbocycles. The third-order valence-corrected chi connectivity index (χ3v) is 4.29. The standard InChI is InChI=1S/C16H15Br2NO2/c1-10(11-3-6-13(21-2)7-4-11)19-16(20)14-8-5-12(17)9-15(14)18/h3-10H,1-2H3,(H,19,20). The molecule has 0 aliphatic rings. The van der Waals surface area contributed by atoms with Crippen molar-refractivity contribution in [2.24, 2.45) is 0 Å². The predicted octanol–water partition coefficient (Wildman–Crippen LogP) is 4.71. The van der Waals surface area contributed by atoms with Crippen molar-refractivity contribution >= 4 is 37.8 Å². The van der Waals surface area contributed by atoms with Crippen molar-refractivity contribution < 1.29 is 9.53 Å². The molecule has 21 heavy (non-hydrogen) atoms. The lowest BCUT2D eigenvalue weighted by Gasteiger charge is -2.15. The topological polar surface area (TPSA) is 38.3 Å². The van der Waals surface area contributed by atoms with E-state index in [-0.39, 0.29) is 11.9 Å². The van der Waals surface area contributed by atoms with Gasteiger partial charge in [-0.2, -0.15) is 0 Å². The number of hydrogen-bond acceptors (Lipinski definition) is 2. The summed E-state index contributed by atoms with van der Waals surface area (Å²) < 4.78 is 6.81. The van der Waals surface area contributed by atoms with Gasteiger partial charge in [0.1, 0.15) is 5.75 Å². The van der Waals surface area contributed by atoms with Gasteiger partial charge in [0.15, 0.2) is 0 Å². The molecule has 0 saturated carbocycles. The fourth-order valence-electron chi connectivity index (χ4n) is 1.92. The molecule has 0 radical (unpaired) electrons. The van der Waals surface area contributed by atoms with E-state index in [1.165, 1.54) is 0 Å². The Balaban J connectivity index is 2.10. The average molecular weight is 413 g/mol. The largest absolute Gasteiger partial charge is 0.497 e. The maximum absolute atomic E-state index is 12.3. The lowest BCUT2D eigenvalue weighted by Crippen LogP contribution is -2.26. The fourth-order valence-corrected chi connectivity index (χ4v) is 3.15. The smallest absolute Gasteiger partial charge is 0.252 e. The van der Waals surface area contributed by atoms with Gasteiger partial charge in [0, 0.05) is 8.95 Å². The summed E-state index contributed by atoms with van der Waals surface area (Å²) in [5.41, 5.74) is 1.64. The highest BCUT2D eigenvalue weighted by molar-refractivity contribution is 9.11. The zero-order valence-electron chi connectivity index (χ0n) is 11.7. The van der Waals surface area contributed by atoms with Crippen molar-refractivity contribution in [2.45, 2.75) is 13.0 Å². The highest BCUT2D eigenvalue weighted by Crippen LogP contribution is 2.23. The summed E-state index contributed by atoms with van der Waals surface area (Å²) in [4.78, 5) is 12.3. The number of amides is 1. The SMILES string of the molecule is COc1ccc(C(C)NC(=O)c2ccc(Br)cc2Br)cc1. The van der Waals surface area contributed by atoms with E-state index >= 15 is 0 Å². The van der Waals surface area contributed by atoms with Gasteiger partial charge in [-0.3, -0.25) is 4.79 Å². The van der Waals surface area contributed by atoms with Gasteiger partial charge in [0.2, 0.25) is 0 Å². The van der Waals surface area contributed by atoms with Crippen molar-refractivity contribution in [1.82, 2.24) is 5.32 Å². The second-order valence-electron chi connectivity index (χ2n) is 4.59. The van der Waals surface area contributed by atoms with Crippen LogP contribution < -0.4 is 10.1 Å². The van der Waals surface area contributed by atoms with Crippen LogP contribution in [0.5, 0.6) is 5.75 Å². The molecule has 2 aromatic rings. The van der Waals surface area contributed by atoms with E-state index in [2.05, 4.69) is 37.2 Å². The Labute approximate surface area is 141 Å². The van der Waals surface area contributed by atoms with E-state index in [1.807, 2.05) is 43.3 Å². The summed E-state index contributed by atoms with van der Waals surface area (Å²) in [6.07, 6.45) is 0. The van der Waals surface area contributed by atoms with Crippen molar-refractivity contribution in [3.8, 4) is 5.75 Å². The first-order valence-electron chi connectivity index (χ1n) is 6.41. The molecule has 1 atom stereocenters. The van der Waals surface area contributed by atoms with Crippen LogP contribution in [0.4, 0.5) is 0 Å². The van der Waals surface area contributed by atoms with Crippen molar-refractivity contribution in [1.29, 1.82) is 0 Å². The van der Waals surface area contributed by atoms with Crippen LogP contribution in [0.25, 0.3) is 0 Å². The number of carbonyl (C=O) groups excluding carboxylic acids is 1. The second-order valence-corrected chi connectivity index (χ2v) is 6.36. The summed E-state index contributed by atoms with van der Waals surface area (Å²) >= 11 is 6.78. The molecule has 0 saturated heterocycles. The third kappa shape index (κ3) is 4.08. The molecule has 5 heteroatoms. The minimum atomic E-state index is -0.113. The Bertz CT molecular complexity index is 641. The van der Waals surface area contributed by atoms with E-state index in [0.29, 0.717) is 5.56 Å². The van der Waals surface area contributed by atoms with Crippen LogP contribution in [0, 0.1) is 0 Å². The van der Waals surface area contributed by atoms with Gasteiger partial charge in [0.25, 0.3) is 5.91 Å². The molecular weight excluding hydrogens is 398 g/mol. The minimum Gasteiger partial charge on any atom is -0.497 e. The molecule has 0 spiro atoms. The summed E-state index contributed by atoms with van der Waals surface area (Å²) in [5.74, 6) is 0.686. The lowest BCUT2D eigenvalue weighted by molar-refractivity contribution is 0.0939. The Kier molecular flexibility index (Phi) is 5.42. The average Bonchev–Trinajstić information content (AvgIpc) is 2.47. The van der Waals surface area contributed by atoms with Gasteiger partial charge >= 0.3 is 0 Å². The predicted molar refractivity (Wildman–Crippen MR) is 90.7 cm³/mol. The summed E-state index contributed by atoms with van der Waals surface area (Å²) in [7, 11) is 1.63. The first kappa shape index (κ1) is 16.0. The highest BCUT2D eigenvalue weighted by atomic mass is 79.9. The van der Waals surface area contributed by atoms with Gasteiger partial charge in [-0.05, 0) is 58.7 Å². The Morgan fingerprint density at radius 3 is 2.38 bits per heavy atom. The van der Waals surface area contributed by atoms with Gasteiger partial charge in [-0.15, -0.1) is 0 Å². The van der Waals surface area contributed by atoms with Crippen molar-refractivity contribution in [2.75, 3.05) is 7.11 Å². The molecule has 0 aliphatic carbocycles. The monoisotopic (exact) mass is 411 g/mol. The molecule has 3 nitrogen and oxygen atoms in total. The molecule has 1 N–H and O–H groups in total. The maximum atomic E-state index is 12.3. The number of benzene rings is 2. The molecule has 0 fully saturated rings. The van der Waals surface area contributed by atoms with Crippen LogP contribution in [-0.4, -0.2) is 13.0 Å². The van der Waals surface area contributed by atoms with Gasteiger partial charge in [-0.1, -0.05) is 28.1 Å². The zero-order chi connectivity index (χ0) is 15.4. The number of nitrogens with one attached hydrogen (secondary N) is 1. The van der Waals surface area contributed by atoms with Gasteiger partial charge in [0.05, 0.1) is 18.7 Å². The van der Waals surface area contributed by atoms with Crippen LogP contribution in [0.2, 0.25) is 0 Å². The van der Waals surface area contributed by atoms with Crippen molar-refractivity contribution in [3.05, 3.63) is 62.5 Å². The quantitative estimate of drug-likeness (QED) is 0.789. The normalized spacial score (nSPS) is 11.8. The number of methoxy groups -OCH3 is 1. The Morgan fingerprint density at radius 1 is 1.14 bits per heavy atom. The number of ether oxygens (including phenoxy) is 1. The maximum Gasteiger partial charge on any atom is 0.252 e. The van der Waals surface area contributed by atoms with E-state index in [9.17, 15) is 4.79 Å². The first-order valence-corrected chi connectivity index (χ1v) is 7.99. The molecular formula is C16H15Br2NO2. The fraction of sp³-hybridized carbons (Fsp3) is 0.188. The summed E-state index contributed by atoms with van der Waals surface area (Å²) in [6, 6.07) is 13.1. The lowest BCUT2D eigenvalue weighted by atomic mass is 10.1. The second kappa shape index (κ2) is 7.09. The molecule has 110 valence electrons. The molecule has 0 aliphatic heterocycles.